The molecular formula is C20H28N4O. The van der Waals surface area contributed by atoms with E-state index in [9.17, 15) is 4.79 Å². The molecule has 1 aromatic carbocycles. The van der Waals surface area contributed by atoms with Crippen LogP contribution in [0.1, 0.15) is 62.0 Å². The number of nitrogens with zero attached hydrogens (tertiary/aromatic N) is 3. The number of carbonyl (C=O) groups excluding carboxylic acids is 1. The first-order chi connectivity index (χ1) is 11.9. The van der Waals surface area contributed by atoms with E-state index in [-0.39, 0.29) is 17.5 Å². The minimum atomic E-state index is -0.151. The molecule has 1 aliphatic heterocycles. The van der Waals surface area contributed by atoms with E-state index in [1.54, 1.807) is 11.1 Å². The summed E-state index contributed by atoms with van der Waals surface area (Å²) in [6.07, 6.45) is 4.72. The predicted molar refractivity (Wildman–Crippen MR) is 101 cm³/mol. The van der Waals surface area contributed by atoms with Crippen LogP contribution in [0, 0.1) is 0 Å². The van der Waals surface area contributed by atoms with Crippen LogP contribution in [0.5, 0.6) is 0 Å². The summed E-state index contributed by atoms with van der Waals surface area (Å²) in [5.74, 6) is 0.866. The van der Waals surface area contributed by atoms with Crippen molar-refractivity contribution in [2.24, 2.45) is 0 Å². The molecule has 0 aliphatic carbocycles. The molecule has 5 heteroatoms. The van der Waals surface area contributed by atoms with E-state index in [1.807, 2.05) is 17.8 Å². The summed E-state index contributed by atoms with van der Waals surface area (Å²) in [5.41, 5.74) is 1.75. The number of rotatable bonds is 5. The summed E-state index contributed by atoms with van der Waals surface area (Å²) in [4.78, 5) is 14.7. The highest BCUT2D eigenvalue weighted by Crippen LogP contribution is 2.40. The molecule has 1 unspecified atom stereocenters. The van der Waals surface area contributed by atoms with Gasteiger partial charge in [-0.1, -0.05) is 43.7 Å². The molecule has 0 fully saturated rings. The lowest BCUT2D eigenvalue weighted by molar-refractivity contribution is 0.0793. The Morgan fingerprint density at radius 2 is 2.08 bits per heavy atom. The fraction of sp³-hybridized carbons (Fsp3) is 0.500. The SMILES string of the molecule is CCCCN(C)C(=O)c1cnn2c1NC(c1ccccc1)CC2(C)C. The number of hydrogen-bond acceptors (Lipinski definition) is 3. The van der Waals surface area contributed by atoms with Crippen molar-refractivity contribution < 1.29 is 4.79 Å². The average molecular weight is 340 g/mol. The van der Waals surface area contributed by atoms with Gasteiger partial charge in [0.15, 0.2) is 0 Å². The van der Waals surface area contributed by atoms with Crippen molar-refractivity contribution in [2.45, 2.75) is 51.6 Å². The molecule has 2 aromatic rings. The zero-order valence-electron chi connectivity index (χ0n) is 15.6. The van der Waals surface area contributed by atoms with E-state index in [1.165, 1.54) is 5.56 Å². The molecule has 1 amide bonds. The van der Waals surface area contributed by atoms with Gasteiger partial charge < -0.3 is 10.2 Å². The summed E-state index contributed by atoms with van der Waals surface area (Å²) in [6, 6.07) is 10.6. The number of anilines is 1. The molecule has 0 spiro atoms. The second kappa shape index (κ2) is 6.90. The van der Waals surface area contributed by atoms with Crippen molar-refractivity contribution in [3.8, 4) is 0 Å². The largest absolute Gasteiger partial charge is 0.363 e. The Kier molecular flexibility index (Phi) is 4.84. The minimum Gasteiger partial charge on any atom is -0.363 e. The van der Waals surface area contributed by atoms with Crippen LogP contribution in [0.2, 0.25) is 0 Å². The van der Waals surface area contributed by atoms with Crippen molar-refractivity contribution in [1.82, 2.24) is 14.7 Å². The highest BCUT2D eigenvalue weighted by molar-refractivity contribution is 5.98. The van der Waals surface area contributed by atoms with Crippen LogP contribution in [0.15, 0.2) is 36.5 Å². The van der Waals surface area contributed by atoms with Crippen LogP contribution in [0.4, 0.5) is 5.82 Å². The van der Waals surface area contributed by atoms with Crippen molar-refractivity contribution in [1.29, 1.82) is 0 Å². The number of unbranched alkanes of at least 4 members (excludes halogenated alkanes) is 1. The molecule has 0 saturated carbocycles. The molecule has 1 aliphatic rings. The molecule has 0 radical (unpaired) electrons. The predicted octanol–water partition coefficient (Wildman–Crippen LogP) is 4.05. The summed E-state index contributed by atoms with van der Waals surface area (Å²) in [7, 11) is 1.87. The number of benzene rings is 1. The van der Waals surface area contributed by atoms with E-state index in [0.717, 1.165) is 31.6 Å². The Labute approximate surface area is 150 Å². The lowest BCUT2D eigenvalue weighted by atomic mass is 9.89. The molecule has 5 nitrogen and oxygen atoms in total. The van der Waals surface area contributed by atoms with E-state index >= 15 is 0 Å². The van der Waals surface area contributed by atoms with Crippen molar-refractivity contribution in [3.05, 3.63) is 47.7 Å². The second-order valence-electron chi connectivity index (χ2n) is 7.52. The minimum absolute atomic E-state index is 0.0340. The average Bonchev–Trinajstić information content (AvgIpc) is 3.04. The molecule has 1 atom stereocenters. The smallest absolute Gasteiger partial charge is 0.258 e. The van der Waals surface area contributed by atoms with Crippen LogP contribution in [0.25, 0.3) is 0 Å². The Bertz CT molecular complexity index is 735. The van der Waals surface area contributed by atoms with Gasteiger partial charge in [-0.3, -0.25) is 4.79 Å². The summed E-state index contributed by atoms with van der Waals surface area (Å²) >= 11 is 0. The topological polar surface area (TPSA) is 50.2 Å². The van der Waals surface area contributed by atoms with Gasteiger partial charge in [0, 0.05) is 13.6 Å². The van der Waals surface area contributed by atoms with Gasteiger partial charge >= 0.3 is 0 Å². The monoisotopic (exact) mass is 340 g/mol. The van der Waals surface area contributed by atoms with Crippen LogP contribution in [0.3, 0.4) is 0 Å². The van der Waals surface area contributed by atoms with E-state index < -0.39 is 0 Å². The summed E-state index contributed by atoms with van der Waals surface area (Å²) < 4.78 is 1.97. The fourth-order valence-corrected chi connectivity index (χ4v) is 3.49. The van der Waals surface area contributed by atoms with Gasteiger partial charge in [0.2, 0.25) is 0 Å². The van der Waals surface area contributed by atoms with Crippen LogP contribution in [-0.4, -0.2) is 34.2 Å². The number of hydrogen-bond donors (Lipinski definition) is 1. The Balaban J connectivity index is 1.92. The molecule has 1 N–H and O–H groups in total. The normalized spacial score (nSPS) is 18.3. The quantitative estimate of drug-likeness (QED) is 0.893. The molecule has 0 bridgehead atoms. The Morgan fingerprint density at radius 3 is 2.76 bits per heavy atom. The van der Waals surface area contributed by atoms with Crippen LogP contribution < -0.4 is 5.32 Å². The molecular weight excluding hydrogens is 312 g/mol. The van der Waals surface area contributed by atoms with Gasteiger partial charge in [-0.2, -0.15) is 5.10 Å². The van der Waals surface area contributed by atoms with Crippen molar-refractivity contribution in [3.63, 3.8) is 0 Å². The molecule has 25 heavy (non-hydrogen) atoms. The summed E-state index contributed by atoms with van der Waals surface area (Å²) in [5, 5.41) is 8.09. The zero-order valence-corrected chi connectivity index (χ0v) is 15.6. The zero-order chi connectivity index (χ0) is 18.0. The molecule has 0 saturated heterocycles. The van der Waals surface area contributed by atoms with E-state index in [4.69, 9.17) is 0 Å². The Morgan fingerprint density at radius 1 is 1.36 bits per heavy atom. The molecule has 3 rings (SSSR count). The summed E-state index contributed by atoms with van der Waals surface area (Å²) in [6.45, 7) is 7.25. The van der Waals surface area contributed by atoms with Crippen LogP contribution >= 0.6 is 0 Å². The third-order valence-electron chi connectivity index (χ3n) is 4.98. The van der Waals surface area contributed by atoms with Crippen molar-refractivity contribution in [2.75, 3.05) is 18.9 Å². The number of carbonyl (C=O) groups is 1. The van der Waals surface area contributed by atoms with Gasteiger partial charge in [0.25, 0.3) is 5.91 Å². The standard InChI is InChI=1S/C20H28N4O/c1-5-6-12-23(4)19(25)16-14-21-24-18(16)22-17(13-20(24,2)3)15-10-8-7-9-11-15/h7-11,14,17,22H,5-6,12-13H2,1-4H3. The molecule has 1 aromatic heterocycles. The maximum atomic E-state index is 12.9. The highest BCUT2D eigenvalue weighted by Gasteiger charge is 2.36. The third-order valence-corrected chi connectivity index (χ3v) is 4.98. The third kappa shape index (κ3) is 3.41. The van der Waals surface area contributed by atoms with E-state index in [0.29, 0.717) is 5.56 Å². The van der Waals surface area contributed by atoms with Crippen LogP contribution in [-0.2, 0) is 5.54 Å². The van der Waals surface area contributed by atoms with E-state index in [2.05, 4.69) is 55.5 Å². The van der Waals surface area contributed by atoms with Gasteiger partial charge in [0.1, 0.15) is 11.4 Å². The van der Waals surface area contributed by atoms with Gasteiger partial charge in [-0.15, -0.1) is 0 Å². The number of amides is 1. The number of aromatic nitrogens is 2. The maximum Gasteiger partial charge on any atom is 0.258 e. The van der Waals surface area contributed by atoms with Gasteiger partial charge in [-0.25, -0.2) is 4.68 Å². The fourth-order valence-electron chi connectivity index (χ4n) is 3.49. The van der Waals surface area contributed by atoms with Gasteiger partial charge in [0.05, 0.1) is 17.8 Å². The molecule has 2 heterocycles. The first-order valence-electron chi connectivity index (χ1n) is 9.09. The Hall–Kier alpha value is -2.30. The maximum absolute atomic E-state index is 12.9. The molecule has 134 valence electrons. The first-order valence-corrected chi connectivity index (χ1v) is 9.09. The lowest BCUT2D eigenvalue weighted by Gasteiger charge is -2.38. The van der Waals surface area contributed by atoms with Gasteiger partial charge in [-0.05, 0) is 32.3 Å². The lowest BCUT2D eigenvalue weighted by Crippen LogP contribution is -2.38. The second-order valence-corrected chi connectivity index (χ2v) is 7.52. The number of nitrogens with one attached hydrogen (secondary N) is 1. The van der Waals surface area contributed by atoms with Crippen molar-refractivity contribution >= 4 is 11.7 Å². The first kappa shape index (κ1) is 17.5. The highest BCUT2D eigenvalue weighted by atomic mass is 16.2. The number of fused-ring (bicyclic) bond motifs is 1.